The van der Waals surface area contributed by atoms with E-state index >= 15 is 0 Å². The summed E-state index contributed by atoms with van der Waals surface area (Å²) in [6, 6.07) is 8.42. The Morgan fingerprint density at radius 2 is 2.00 bits per heavy atom. The van der Waals surface area contributed by atoms with Crippen LogP contribution in [-0.4, -0.2) is 24.1 Å². The van der Waals surface area contributed by atoms with E-state index in [2.05, 4.69) is 22.8 Å². The summed E-state index contributed by atoms with van der Waals surface area (Å²) in [6.07, 6.45) is 3.72. The van der Waals surface area contributed by atoms with Crippen molar-refractivity contribution in [1.29, 1.82) is 0 Å². The molecule has 0 unspecified atom stereocenters. The first-order valence-corrected chi connectivity index (χ1v) is 8.69. The van der Waals surface area contributed by atoms with E-state index in [0.29, 0.717) is 19.4 Å². The van der Waals surface area contributed by atoms with Crippen molar-refractivity contribution in [3.63, 3.8) is 0 Å². The van der Waals surface area contributed by atoms with Gasteiger partial charge in [-0.05, 0) is 57.6 Å². The topological polar surface area (TPSA) is 67.4 Å². The third-order valence-corrected chi connectivity index (χ3v) is 3.95. The molecule has 2 amide bonds. The van der Waals surface area contributed by atoms with Gasteiger partial charge in [-0.2, -0.15) is 0 Å². The van der Waals surface area contributed by atoms with Crippen molar-refractivity contribution in [3.05, 3.63) is 35.4 Å². The molecule has 0 heterocycles. The van der Waals surface area contributed by atoms with Crippen LogP contribution in [0, 0.1) is 0 Å². The minimum Gasteiger partial charge on any atom is -0.444 e. The summed E-state index contributed by atoms with van der Waals surface area (Å²) in [5, 5.41) is 5.79. The third kappa shape index (κ3) is 5.87. The summed E-state index contributed by atoms with van der Waals surface area (Å²) < 4.78 is 5.15. The van der Waals surface area contributed by atoms with E-state index in [1.807, 2.05) is 32.9 Å². The van der Waals surface area contributed by atoms with Gasteiger partial charge in [0.25, 0.3) is 0 Å². The molecule has 1 aromatic rings. The molecule has 5 heteroatoms. The predicted molar refractivity (Wildman–Crippen MR) is 93.7 cm³/mol. The van der Waals surface area contributed by atoms with Crippen LogP contribution in [0.25, 0.3) is 0 Å². The molecule has 24 heavy (non-hydrogen) atoms. The molecule has 1 aliphatic carbocycles. The molecular weight excluding hydrogens is 304 g/mol. The van der Waals surface area contributed by atoms with Gasteiger partial charge in [0.15, 0.2) is 0 Å². The standard InChI is InChI=1S/C19H28N2O3/c1-19(2,3)24-18(23)20-13-7-12-17(22)21-16-11-6-9-14-8-4-5-10-15(14)16/h4-5,8,10,16H,6-7,9,11-13H2,1-3H3,(H,20,23)(H,21,22)/t16-/m1/s1. The van der Waals surface area contributed by atoms with Crippen molar-refractivity contribution >= 4 is 12.0 Å². The Kier molecular flexibility index (Phi) is 6.23. The lowest BCUT2D eigenvalue weighted by molar-refractivity contribution is -0.122. The second kappa shape index (κ2) is 8.18. The van der Waals surface area contributed by atoms with Gasteiger partial charge in [0.2, 0.25) is 5.91 Å². The smallest absolute Gasteiger partial charge is 0.407 e. The lowest BCUT2D eigenvalue weighted by Gasteiger charge is -2.26. The molecule has 1 atom stereocenters. The lowest BCUT2D eigenvalue weighted by Crippen LogP contribution is -2.34. The van der Waals surface area contributed by atoms with Crippen molar-refractivity contribution in [2.24, 2.45) is 0 Å². The number of nitrogens with one attached hydrogen (secondary N) is 2. The van der Waals surface area contributed by atoms with E-state index in [1.165, 1.54) is 11.1 Å². The van der Waals surface area contributed by atoms with Crippen molar-refractivity contribution < 1.29 is 14.3 Å². The number of benzene rings is 1. The summed E-state index contributed by atoms with van der Waals surface area (Å²) in [7, 11) is 0. The first kappa shape index (κ1) is 18.3. The first-order valence-electron chi connectivity index (χ1n) is 8.69. The quantitative estimate of drug-likeness (QED) is 0.811. The average molecular weight is 332 g/mol. The van der Waals surface area contributed by atoms with E-state index in [-0.39, 0.29) is 11.9 Å². The van der Waals surface area contributed by atoms with Gasteiger partial charge in [-0.15, -0.1) is 0 Å². The highest BCUT2D eigenvalue weighted by molar-refractivity contribution is 5.76. The van der Waals surface area contributed by atoms with Crippen LogP contribution in [0.4, 0.5) is 4.79 Å². The number of rotatable bonds is 5. The Balaban J connectivity index is 1.70. The predicted octanol–water partition coefficient (Wildman–Crippen LogP) is 3.49. The fourth-order valence-corrected chi connectivity index (χ4v) is 2.92. The number of ether oxygens (including phenoxy) is 1. The van der Waals surface area contributed by atoms with Crippen LogP contribution >= 0.6 is 0 Å². The van der Waals surface area contributed by atoms with Crippen molar-refractivity contribution in [1.82, 2.24) is 10.6 Å². The molecule has 2 rings (SSSR count). The van der Waals surface area contributed by atoms with Crippen molar-refractivity contribution in [3.8, 4) is 0 Å². The Hall–Kier alpha value is -2.04. The van der Waals surface area contributed by atoms with Gasteiger partial charge in [-0.25, -0.2) is 4.79 Å². The minimum absolute atomic E-state index is 0.0303. The van der Waals surface area contributed by atoms with Crippen LogP contribution < -0.4 is 10.6 Å². The Morgan fingerprint density at radius 3 is 2.75 bits per heavy atom. The maximum atomic E-state index is 12.1. The number of fused-ring (bicyclic) bond motifs is 1. The molecule has 0 aliphatic heterocycles. The highest BCUT2D eigenvalue weighted by Crippen LogP contribution is 2.29. The Bertz CT molecular complexity index is 578. The maximum Gasteiger partial charge on any atom is 0.407 e. The summed E-state index contributed by atoms with van der Waals surface area (Å²) >= 11 is 0. The van der Waals surface area contributed by atoms with Crippen LogP contribution in [-0.2, 0) is 16.0 Å². The molecule has 5 nitrogen and oxygen atoms in total. The maximum absolute atomic E-state index is 12.1. The van der Waals surface area contributed by atoms with E-state index in [4.69, 9.17) is 4.74 Å². The molecule has 132 valence electrons. The number of hydrogen-bond acceptors (Lipinski definition) is 3. The van der Waals surface area contributed by atoms with E-state index < -0.39 is 11.7 Å². The molecule has 1 aliphatic rings. The summed E-state index contributed by atoms with van der Waals surface area (Å²) in [5.74, 6) is 0.0303. The van der Waals surface area contributed by atoms with Gasteiger partial charge < -0.3 is 15.4 Å². The Morgan fingerprint density at radius 1 is 1.25 bits per heavy atom. The molecule has 0 saturated heterocycles. The highest BCUT2D eigenvalue weighted by atomic mass is 16.6. The fourth-order valence-electron chi connectivity index (χ4n) is 2.92. The van der Waals surface area contributed by atoms with Gasteiger partial charge in [0.05, 0.1) is 6.04 Å². The molecule has 0 fully saturated rings. The van der Waals surface area contributed by atoms with Crippen LogP contribution in [0.2, 0.25) is 0 Å². The zero-order valence-electron chi connectivity index (χ0n) is 14.9. The van der Waals surface area contributed by atoms with Gasteiger partial charge in [0, 0.05) is 13.0 Å². The van der Waals surface area contributed by atoms with Gasteiger partial charge in [-0.1, -0.05) is 24.3 Å². The molecule has 2 N–H and O–H groups in total. The highest BCUT2D eigenvalue weighted by Gasteiger charge is 2.21. The fraction of sp³-hybridized carbons (Fsp3) is 0.579. The van der Waals surface area contributed by atoms with E-state index in [9.17, 15) is 9.59 Å². The van der Waals surface area contributed by atoms with Crippen molar-refractivity contribution in [2.45, 2.75) is 64.5 Å². The van der Waals surface area contributed by atoms with E-state index in [0.717, 1.165) is 19.3 Å². The SMILES string of the molecule is CC(C)(C)OC(=O)NCCCC(=O)N[C@@H]1CCCc2ccccc21. The molecular formula is C19H28N2O3. The summed E-state index contributed by atoms with van der Waals surface area (Å²) in [6.45, 7) is 5.90. The number of hydrogen-bond donors (Lipinski definition) is 2. The normalized spacial score (nSPS) is 16.9. The second-order valence-electron chi connectivity index (χ2n) is 7.24. The summed E-state index contributed by atoms with van der Waals surface area (Å²) in [4.78, 5) is 23.7. The summed E-state index contributed by atoms with van der Waals surface area (Å²) in [5.41, 5.74) is 2.07. The molecule has 0 bridgehead atoms. The lowest BCUT2D eigenvalue weighted by atomic mass is 9.87. The van der Waals surface area contributed by atoms with Gasteiger partial charge in [-0.3, -0.25) is 4.79 Å². The van der Waals surface area contributed by atoms with Crippen LogP contribution in [0.5, 0.6) is 0 Å². The monoisotopic (exact) mass is 332 g/mol. The minimum atomic E-state index is -0.504. The number of carbonyl (C=O) groups excluding carboxylic acids is 2. The third-order valence-electron chi connectivity index (χ3n) is 3.95. The largest absolute Gasteiger partial charge is 0.444 e. The number of alkyl carbamates (subject to hydrolysis) is 1. The Labute approximate surface area is 144 Å². The van der Waals surface area contributed by atoms with Gasteiger partial charge >= 0.3 is 6.09 Å². The average Bonchev–Trinajstić information content (AvgIpc) is 2.50. The number of aryl methyl sites for hydroxylation is 1. The zero-order valence-corrected chi connectivity index (χ0v) is 14.9. The first-order chi connectivity index (χ1) is 11.3. The molecule has 0 aromatic heterocycles. The number of carbonyl (C=O) groups is 2. The second-order valence-corrected chi connectivity index (χ2v) is 7.24. The molecule has 0 saturated carbocycles. The van der Waals surface area contributed by atoms with E-state index in [1.54, 1.807) is 0 Å². The zero-order chi connectivity index (χ0) is 17.6. The van der Waals surface area contributed by atoms with Crippen molar-refractivity contribution in [2.75, 3.05) is 6.54 Å². The number of amides is 2. The van der Waals surface area contributed by atoms with Crippen LogP contribution in [0.3, 0.4) is 0 Å². The van der Waals surface area contributed by atoms with Gasteiger partial charge in [0.1, 0.15) is 5.60 Å². The molecule has 0 radical (unpaired) electrons. The van der Waals surface area contributed by atoms with Crippen LogP contribution in [0.1, 0.15) is 63.6 Å². The van der Waals surface area contributed by atoms with Crippen LogP contribution in [0.15, 0.2) is 24.3 Å². The molecule has 0 spiro atoms. The molecule has 1 aromatic carbocycles.